The van der Waals surface area contributed by atoms with E-state index in [0.29, 0.717) is 35.3 Å². The fraction of sp³-hybridized carbons (Fsp3) is 0.273. The molecular weight excluding hydrogens is 400 g/mol. The molecule has 3 heterocycles. The summed E-state index contributed by atoms with van der Waals surface area (Å²) in [4.78, 5) is 9.58. The van der Waals surface area contributed by atoms with Crippen LogP contribution >= 0.6 is 0 Å². The Hall–Kier alpha value is -2.97. The fourth-order valence-electron chi connectivity index (χ4n) is 3.97. The van der Waals surface area contributed by atoms with E-state index in [-0.39, 0.29) is 21.7 Å². The Labute approximate surface area is 174 Å². The van der Waals surface area contributed by atoms with Crippen molar-refractivity contribution in [1.29, 1.82) is 0 Å². The van der Waals surface area contributed by atoms with Crippen molar-refractivity contribution < 1.29 is 13.2 Å². The number of benzene rings is 2. The van der Waals surface area contributed by atoms with Crippen molar-refractivity contribution >= 4 is 37.9 Å². The highest BCUT2D eigenvalue weighted by Gasteiger charge is 2.31. The largest absolute Gasteiger partial charge is 0.384 e. The summed E-state index contributed by atoms with van der Waals surface area (Å²) in [5.41, 5.74) is 9.51. The second kappa shape index (κ2) is 7.07. The van der Waals surface area contributed by atoms with Crippen LogP contribution in [-0.2, 0) is 21.1 Å². The van der Waals surface area contributed by atoms with E-state index < -0.39 is 9.84 Å². The molecule has 1 aliphatic rings. The average molecular weight is 423 g/mol. The van der Waals surface area contributed by atoms with E-state index in [0.717, 1.165) is 18.4 Å². The zero-order valence-electron chi connectivity index (χ0n) is 16.6. The topological polar surface area (TPSA) is 100 Å². The van der Waals surface area contributed by atoms with Crippen LogP contribution in [0.3, 0.4) is 0 Å². The number of hydrogen-bond acceptors (Lipinski definition) is 6. The van der Waals surface area contributed by atoms with Crippen LogP contribution in [0.5, 0.6) is 0 Å². The molecule has 1 fully saturated rings. The van der Waals surface area contributed by atoms with Gasteiger partial charge in [-0.15, -0.1) is 0 Å². The maximum absolute atomic E-state index is 13.6. The highest BCUT2D eigenvalue weighted by molar-refractivity contribution is 7.92. The van der Waals surface area contributed by atoms with Crippen LogP contribution in [0.1, 0.15) is 18.4 Å². The van der Waals surface area contributed by atoms with Gasteiger partial charge in [0.2, 0.25) is 9.84 Å². The molecule has 5 rings (SSSR count). The molecular formula is C22H22N4O3S. The number of nitrogens with zero attached hydrogens (tertiary/aromatic N) is 3. The lowest BCUT2D eigenvalue weighted by Gasteiger charge is -2.13. The molecule has 0 aliphatic carbocycles. The Balaban J connectivity index is 1.79. The Bertz CT molecular complexity index is 1350. The van der Waals surface area contributed by atoms with Gasteiger partial charge in [-0.1, -0.05) is 29.8 Å². The number of ether oxygens (including phenoxy) is 1. The molecule has 0 radical (unpaired) electrons. The van der Waals surface area contributed by atoms with E-state index in [9.17, 15) is 8.42 Å². The Morgan fingerprint density at radius 3 is 2.47 bits per heavy atom. The number of aromatic nitrogens is 3. The molecule has 0 spiro atoms. The highest BCUT2D eigenvalue weighted by Crippen LogP contribution is 2.36. The predicted octanol–water partition coefficient (Wildman–Crippen LogP) is 3.49. The van der Waals surface area contributed by atoms with Gasteiger partial charge in [0.1, 0.15) is 16.2 Å². The number of hydrogen-bond donors (Lipinski definition) is 1. The van der Waals surface area contributed by atoms with E-state index >= 15 is 0 Å². The molecule has 8 heteroatoms. The molecule has 30 heavy (non-hydrogen) atoms. The zero-order chi connectivity index (χ0) is 20.9. The van der Waals surface area contributed by atoms with Crippen LogP contribution in [0.4, 0.5) is 5.82 Å². The standard InChI is InChI=1S/C22H22N4O3S/c1-14-8-10-16(11-9-14)30(27,28)20-19-22(25-18-7-3-2-6-17(18)24-19)26(21(20)23)13-15-5-4-12-29-15/h2-3,6-11,15H,4-5,12-13,23H2,1H3/t15-/m1/s1. The summed E-state index contributed by atoms with van der Waals surface area (Å²) < 4.78 is 34.7. The molecule has 0 unspecified atom stereocenters. The molecule has 2 aromatic heterocycles. The molecule has 0 saturated carbocycles. The van der Waals surface area contributed by atoms with Crippen LogP contribution in [-0.4, -0.2) is 35.7 Å². The second-order valence-electron chi connectivity index (χ2n) is 7.66. The maximum atomic E-state index is 13.6. The summed E-state index contributed by atoms with van der Waals surface area (Å²) in [6, 6.07) is 14.1. The summed E-state index contributed by atoms with van der Waals surface area (Å²) in [6.45, 7) is 3.06. The molecule has 0 amide bonds. The minimum absolute atomic E-state index is 0.0117. The highest BCUT2D eigenvalue weighted by atomic mass is 32.2. The van der Waals surface area contributed by atoms with Gasteiger partial charge >= 0.3 is 0 Å². The summed E-state index contributed by atoms with van der Waals surface area (Å²) >= 11 is 0. The molecule has 1 aliphatic heterocycles. The summed E-state index contributed by atoms with van der Waals surface area (Å²) in [6.07, 6.45) is 1.86. The molecule has 1 atom stereocenters. The van der Waals surface area contributed by atoms with Crippen molar-refractivity contribution in [1.82, 2.24) is 14.5 Å². The quantitative estimate of drug-likeness (QED) is 0.540. The number of nitrogen functional groups attached to an aromatic ring is 1. The first kappa shape index (κ1) is 19.0. The first-order valence-corrected chi connectivity index (χ1v) is 11.4. The van der Waals surface area contributed by atoms with Gasteiger partial charge < -0.3 is 15.0 Å². The maximum Gasteiger partial charge on any atom is 0.212 e. The number of fused-ring (bicyclic) bond motifs is 2. The third kappa shape index (κ3) is 3.03. The first-order chi connectivity index (χ1) is 14.4. The summed E-state index contributed by atoms with van der Waals surface area (Å²) in [5, 5.41) is 0. The average Bonchev–Trinajstić information content (AvgIpc) is 3.34. The van der Waals surface area contributed by atoms with E-state index in [1.54, 1.807) is 28.8 Å². The van der Waals surface area contributed by atoms with Crippen LogP contribution in [0.25, 0.3) is 22.2 Å². The van der Waals surface area contributed by atoms with Crippen molar-refractivity contribution in [2.45, 2.75) is 42.2 Å². The lowest BCUT2D eigenvalue weighted by atomic mass is 10.2. The molecule has 2 aromatic carbocycles. The Morgan fingerprint density at radius 2 is 1.80 bits per heavy atom. The lowest BCUT2D eigenvalue weighted by molar-refractivity contribution is 0.0983. The summed E-state index contributed by atoms with van der Waals surface area (Å²) in [7, 11) is -3.88. The molecule has 7 nitrogen and oxygen atoms in total. The van der Waals surface area contributed by atoms with Gasteiger partial charge in [-0.25, -0.2) is 18.4 Å². The summed E-state index contributed by atoms with van der Waals surface area (Å²) in [5.74, 6) is 0.149. The third-order valence-corrected chi connectivity index (χ3v) is 7.39. The number of para-hydroxylation sites is 2. The zero-order valence-corrected chi connectivity index (χ0v) is 17.4. The van der Waals surface area contributed by atoms with Crippen molar-refractivity contribution in [3.05, 3.63) is 54.1 Å². The predicted molar refractivity (Wildman–Crippen MR) is 115 cm³/mol. The minimum Gasteiger partial charge on any atom is -0.384 e. The Kier molecular flexibility index (Phi) is 4.48. The fourth-order valence-corrected chi connectivity index (χ4v) is 5.47. The van der Waals surface area contributed by atoms with Gasteiger partial charge in [-0.2, -0.15) is 0 Å². The van der Waals surface area contributed by atoms with Crippen molar-refractivity contribution in [3.8, 4) is 0 Å². The molecule has 4 aromatic rings. The van der Waals surface area contributed by atoms with Crippen LogP contribution in [0.15, 0.2) is 58.3 Å². The van der Waals surface area contributed by atoms with Crippen LogP contribution in [0, 0.1) is 6.92 Å². The van der Waals surface area contributed by atoms with Crippen molar-refractivity contribution in [2.75, 3.05) is 12.3 Å². The third-order valence-electron chi connectivity index (χ3n) is 5.56. The van der Waals surface area contributed by atoms with Crippen molar-refractivity contribution in [3.63, 3.8) is 0 Å². The minimum atomic E-state index is -3.88. The van der Waals surface area contributed by atoms with Gasteiger partial charge in [0, 0.05) is 6.61 Å². The Morgan fingerprint density at radius 1 is 1.10 bits per heavy atom. The van der Waals surface area contributed by atoms with E-state index in [1.165, 1.54) is 0 Å². The monoisotopic (exact) mass is 422 g/mol. The number of aryl methyl sites for hydroxylation is 1. The SMILES string of the molecule is Cc1ccc(S(=O)(=O)c2c(N)n(C[C@H]3CCCO3)c3nc4ccccc4nc23)cc1. The smallest absolute Gasteiger partial charge is 0.212 e. The number of nitrogens with two attached hydrogens (primary N) is 1. The normalized spacial score (nSPS) is 17.2. The van der Waals surface area contributed by atoms with Gasteiger partial charge in [0.15, 0.2) is 5.65 Å². The van der Waals surface area contributed by atoms with Crippen LogP contribution in [0.2, 0.25) is 0 Å². The van der Waals surface area contributed by atoms with Gasteiger partial charge in [-0.05, 0) is 44.0 Å². The molecule has 2 N–H and O–H groups in total. The van der Waals surface area contributed by atoms with Crippen molar-refractivity contribution in [2.24, 2.45) is 0 Å². The molecule has 154 valence electrons. The molecule has 1 saturated heterocycles. The van der Waals surface area contributed by atoms with Gasteiger partial charge in [0.05, 0.1) is 28.6 Å². The first-order valence-electron chi connectivity index (χ1n) is 9.93. The van der Waals surface area contributed by atoms with E-state index in [2.05, 4.69) is 4.98 Å². The van der Waals surface area contributed by atoms with Crippen LogP contribution < -0.4 is 5.73 Å². The second-order valence-corrected chi connectivity index (χ2v) is 9.55. The van der Waals surface area contributed by atoms with Gasteiger partial charge in [0.25, 0.3) is 0 Å². The van der Waals surface area contributed by atoms with E-state index in [1.807, 2.05) is 31.2 Å². The lowest BCUT2D eigenvalue weighted by Crippen LogP contribution is -2.17. The number of sulfone groups is 1. The number of rotatable bonds is 4. The molecule has 0 bridgehead atoms. The van der Waals surface area contributed by atoms with E-state index in [4.69, 9.17) is 15.5 Å². The number of anilines is 1. The van der Waals surface area contributed by atoms with Gasteiger partial charge in [-0.3, -0.25) is 0 Å².